The monoisotopic (exact) mass is 495 g/mol. The molecule has 2 aromatic rings. The number of halogens is 1. The highest BCUT2D eigenvalue weighted by molar-refractivity contribution is 7.89. The van der Waals surface area contributed by atoms with Gasteiger partial charge in [0.25, 0.3) is 0 Å². The van der Waals surface area contributed by atoms with Gasteiger partial charge in [0.2, 0.25) is 27.6 Å². The minimum Gasteiger partial charge on any atom is -0.340 e. The molecule has 1 aromatic heterocycles. The molecule has 33 heavy (non-hydrogen) atoms. The lowest BCUT2D eigenvalue weighted by atomic mass is 9.98. The summed E-state index contributed by atoms with van der Waals surface area (Å²) in [5.74, 6) is 0.396. The third-order valence-electron chi connectivity index (χ3n) is 6.29. The minimum atomic E-state index is -3.89. The summed E-state index contributed by atoms with van der Waals surface area (Å²) in [6, 6.07) is 4.66. The fourth-order valence-electron chi connectivity index (χ4n) is 4.52. The lowest BCUT2D eigenvalue weighted by Crippen LogP contribution is -2.53. The maximum atomic E-state index is 13.5. The Morgan fingerprint density at radius 3 is 2.64 bits per heavy atom. The van der Waals surface area contributed by atoms with E-state index in [1.807, 2.05) is 4.90 Å². The van der Waals surface area contributed by atoms with Crippen molar-refractivity contribution >= 4 is 27.5 Å². The van der Waals surface area contributed by atoms with Crippen LogP contribution in [0.25, 0.3) is 11.4 Å². The van der Waals surface area contributed by atoms with Gasteiger partial charge in [-0.25, -0.2) is 8.42 Å². The molecule has 2 aliphatic heterocycles. The lowest BCUT2D eigenvalue weighted by Gasteiger charge is -2.38. The number of hydrogen-bond donors (Lipinski definition) is 0. The fraction of sp³-hybridized carbons (Fsp3) is 0.591. The van der Waals surface area contributed by atoms with Gasteiger partial charge < -0.3 is 9.42 Å². The van der Waals surface area contributed by atoms with Gasteiger partial charge in [0.15, 0.2) is 0 Å². The Hall–Kier alpha value is -2.01. The highest BCUT2D eigenvalue weighted by Crippen LogP contribution is 2.32. The number of hydrogen-bond acceptors (Lipinski definition) is 7. The van der Waals surface area contributed by atoms with E-state index in [1.54, 1.807) is 13.0 Å². The molecule has 0 radical (unpaired) electrons. The van der Waals surface area contributed by atoms with Crippen molar-refractivity contribution in [2.45, 2.75) is 38.0 Å². The van der Waals surface area contributed by atoms with E-state index in [0.29, 0.717) is 49.8 Å². The molecular weight excluding hydrogens is 466 g/mol. The molecule has 9 nitrogen and oxygen atoms in total. The summed E-state index contributed by atoms with van der Waals surface area (Å²) in [6.07, 6.45) is 2.42. The molecule has 1 amide bonds. The molecule has 1 atom stereocenters. The number of benzene rings is 1. The van der Waals surface area contributed by atoms with Gasteiger partial charge in [-0.15, -0.1) is 0 Å². The molecule has 2 fully saturated rings. The standard InChI is InChI=1S/C22H30ClN5O4S/c1-3-8-26-10-12-27(13-11-26)22(29)18-5-4-9-28(15-18)33(30,31)20-14-17(6-7-19(20)23)21-24-16(2)32-25-21/h6-7,14,18H,3-5,8-13,15H2,1-2H3/t18-/m1/s1. The highest BCUT2D eigenvalue weighted by atomic mass is 35.5. The number of aromatic nitrogens is 2. The average Bonchev–Trinajstić information content (AvgIpc) is 3.26. The summed E-state index contributed by atoms with van der Waals surface area (Å²) in [6.45, 7) is 8.51. The van der Waals surface area contributed by atoms with Crippen LogP contribution in [0.4, 0.5) is 0 Å². The second-order valence-corrected chi connectivity index (χ2v) is 11.0. The Balaban J connectivity index is 1.49. The molecule has 180 valence electrons. The van der Waals surface area contributed by atoms with E-state index in [1.165, 1.54) is 16.4 Å². The van der Waals surface area contributed by atoms with Crippen molar-refractivity contribution in [3.8, 4) is 11.4 Å². The number of carbonyl (C=O) groups is 1. The number of amides is 1. The summed E-state index contributed by atoms with van der Waals surface area (Å²) >= 11 is 6.30. The second kappa shape index (κ2) is 10.1. The minimum absolute atomic E-state index is 0.00889. The van der Waals surface area contributed by atoms with E-state index in [2.05, 4.69) is 22.0 Å². The predicted octanol–water partition coefficient (Wildman–Crippen LogP) is 2.65. The van der Waals surface area contributed by atoms with E-state index in [-0.39, 0.29) is 28.3 Å². The van der Waals surface area contributed by atoms with Crippen molar-refractivity contribution in [3.05, 3.63) is 29.1 Å². The number of nitrogens with zero attached hydrogens (tertiary/aromatic N) is 5. The van der Waals surface area contributed by atoms with Gasteiger partial charge in [-0.1, -0.05) is 23.7 Å². The molecule has 3 heterocycles. The van der Waals surface area contributed by atoms with Crippen LogP contribution in [0.1, 0.15) is 32.1 Å². The Morgan fingerprint density at radius 1 is 1.21 bits per heavy atom. The van der Waals surface area contributed by atoms with E-state index >= 15 is 0 Å². The molecule has 1 aromatic carbocycles. The van der Waals surface area contributed by atoms with Crippen molar-refractivity contribution in [2.24, 2.45) is 5.92 Å². The zero-order valence-electron chi connectivity index (χ0n) is 19.0. The Morgan fingerprint density at radius 2 is 1.97 bits per heavy atom. The molecule has 11 heteroatoms. The van der Waals surface area contributed by atoms with Crippen molar-refractivity contribution in [2.75, 3.05) is 45.8 Å². The first-order valence-electron chi connectivity index (χ1n) is 11.4. The van der Waals surface area contributed by atoms with E-state index in [0.717, 1.165) is 26.1 Å². The Kier molecular flexibility index (Phi) is 7.37. The summed E-state index contributed by atoms with van der Waals surface area (Å²) in [5.41, 5.74) is 0.504. The molecule has 0 bridgehead atoms. The van der Waals surface area contributed by atoms with Gasteiger partial charge >= 0.3 is 0 Å². The van der Waals surface area contributed by atoms with E-state index < -0.39 is 10.0 Å². The second-order valence-electron chi connectivity index (χ2n) is 8.65. The number of sulfonamides is 1. The van der Waals surface area contributed by atoms with Crippen LogP contribution >= 0.6 is 11.6 Å². The summed E-state index contributed by atoms with van der Waals surface area (Å²) in [4.78, 5) is 21.6. The molecule has 0 N–H and O–H groups in total. The maximum Gasteiger partial charge on any atom is 0.244 e. The summed E-state index contributed by atoms with van der Waals surface area (Å²) in [7, 11) is -3.89. The molecule has 2 saturated heterocycles. The lowest BCUT2D eigenvalue weighted by molar-refractivity contribution is -0.138. The van der Waals surface area contributed by atoms with Gasteiger partial charge in [-0.3, -0.25) is 9.69 Å². The predicted molar refractivity (Wildman–Crippen MR) is 124 cm³/mol. The number of carbonyl (C=O) groups excluding carboxylic acids is 1. The van der Waals surface area contributed by atoms with Crippen molar-refractivity contribution < 1.29 is 17.7 Å². The fourth-order valence-corrected chi connectivity index (χ4v) is 6.55. The molecule has 0 saturated carbocycles. The van der Waals surface area contributed by atoms with Crippen LogP contribution in [0, 0.1) is 12.8 Å². The van der Waals surface area contributed by atoms with Gasteiger partial charge in [-0.05, 0) is 44.0 Å². The SMILES string of the molecule is CCCN1CCN(C(=O)[C@@H]2CCCN(S(=O)(=O)c3cc(-c4noc(C)n4)ccc3Cl)C2)CC1. The van der Waals surface area contributed by atoms with Gasteiger partial charge in [0, 0.05) is 51.8 Å². The Labute approximate surface area is 199 Å². The number of piperazine rings is 1. The highest BCUT2D eigenvalue weighted by Gasteiger charge is 2.36. The third kappa shape index (κ3) is 5.24. The van der Waals surface area contributed by atoms with Gasteiger partial charge in [0.05, 0.1) is 10.9 Å². The van der Waals surface area contributed by atoms with Gasteiger partial charge in [-0.2, -0.15) is 9.29 Å². The first-order chi connectivity index (χ1) is 15.8. The first-order valence-corrected chi connectivity index (χ1v) is 13.2. The smallest absolute Gasteiger partial charge is 0.244 e. The average molecular weight is 496 g/mol. The van der Waals surface area contributed by atoms with Crippen LogP contribution in [0.2, 0.25) is 5.02 Å². The third-order valence-corrected chi connectivity index (χ3v) is 8.64. The van der Waals surface area contributed by atoms with Crippen LogP contribution in [-0.2, 0) is 14.8 Å². The largest absolute Gasteiger partial charge is 0.340 e. The molecule has 0 spiro atoms. The molecular formula is C22H30ClN5O4S. The number of piperidine rings is 1. The van der Waals surface area contributed by atoms with Crippen LogP contribution in [0.3, 0.4) is 0 Å². The maximum absolute atomic E-state index is 13.5. The zero-order valence-corrected chi connectivity index (χ0v) is 20.6. The summed E-state index contributed by atoms with van der Waals surface area (Å²) in [5, 5.41) is 3.99. The van der Waals surface area contributed by atoms with Crippen LogP contribution in [0.15, 0.2) is 27.6 Å². The summed E-state index contributed by atoms with van der Waals surface area (Å²) < 4.78 is 33.4. The Bertz CT molecular complexity index is 1100. The van der Waals surface area contributed by atoms with Gasteiger partial charge in [0.1, 0.15) is 4.90 Å². The zero-order chi connectivity index (χ0) is 23.6. The van der Waals surface area contributed by atoms with Crippen LogP contribution < -0.4 is 0 Å². The van der Waals surface area contributed by atoms with Crippen molar-refractivity contribution in [3.63, 3.8) is 0 Å². The molecule has 0 unspecified atom stereocenters. The van der Waals surface area contributed by atoms with Crippen LogP contribution in [0.5, 0.6) is 0 Å². The topological polar surface area (TPSA) is 99.8 Å². The van der Waals surface area contributed by atoms with Crippen molar-refractivity contribution in [1.82, 2.24) is 24.2 Å². The van der Waals surface area contributed by atoms with Crippen molar-refractivity contribution in [1.29, 1.82) is 0 Å². The number of aryl methyl sites for hydroxylation is 1. The van der Waals surface area contributed by atoms with Crippen LogP contribution in [-0.4, -0.2) is 84.4 Å². The first kappa shape index (κ1) is 24.1. The molecule has 0 aliphatic carbocycles. The number of rotatable bonds is 6. The molecule has 2 aliphatic rings. The van der Waals surface area contributed by atoms with E-state index in [4.69, 9.17) is 16.1 Å². The van der Waals surface area contributed by atoms with E-state index in [9.17, 15) is 13.2 Å². The normalized spacial score (nSPS) is 20.8. The molecule has 4 rings (SSSR count). The quantitative estimate of drug-likeness (QED) is 0.607.